The molecule has 2 fully saturated rings. The van der Waals surface area contributed by atoms with E-state index in [0.29, 0.717) is 25.4 Å². The lowest BCUT2D eigenvalue weighted by Crippen LogP contribution is -2.45. The van der Waals surface area contributed by atoms with Gasteiger partial charge in [0.25, 0.3) is 0 Å². The van der Waals surface area contributed by atoms with Crippen LogP contribution >= 0.6 is 0 Å². The minimum absolute atomic E-state index is 0.0161. The third-order valence-electron chi connectivity index (χ3n) is 3.66. The molecular weight excluding hydrogens is 208 g/mol. The van der Waals surface area contributed by atoms with Crippen LogP contribution in [0.25, 0.3) is 0 Å². The maximum absolute atomic E-state index is 12.2. The maximum atomic E-state index is 12.2. The van der Waals surface area contributed by atoms with E-state index in [9.17, 15) is 9.59 Å². The summed E-state index contributed by atoms with van der Waals surface area (Å²) < 4.78 is 0. The van der Waals surface area contributed by atoms with E-state index < -0.39 is 12.0 Å². The highest BCUT2D eigenvalue weighted by molar-refractivity contribution is 5.86. The van der Waals surface area contributed by atoms with Crippen LogP contribution in [0, 0.1) is 11.8 Å². The van der Waals surface area contributed by atoms with Crippen molar-refractivity contribution in [3.63, 3.8) is 0 Å². The number of carboxylic acids is 1. The quantitative estimate of drug-likeness (QED) is 0.691. The van der Waals surface area contributed by atoms with Gasteiger partial charge in [-0.3, -0.25) is 4.79 Å². The Morgan fingerprint density at radius 2 is 2.12 bits per heavy atom. The zero-order valence-electron chi connectivity index (χ0n) is 9.48. The molecule has 2 aliphatic rings. The van der Waals surface area contributed by atoms with E-state index in [0.717, 1.165) is 13.0 Å². The van der Waals surface area contributed by atoms with Gasteiger partial charge in [0.1, 0.15) is 6.04 Å². The fourth-order valence-corrected chi connectivity index (χ4v) is 2.64. The Balaban J connectivity index is 2.06. The van der Waals surface area contributed by atoms with Gasteiger partial charge in [-0.2, -0.15) is 0 Å². The molecule has 0 radical (unpaired) electrons. The Morgan fingerprint density at radius 3 is 2.69 bits per heavy atom. The van der Waals surface area contributed by atoms with E-state index in [4.69, 9.17) is 5.11 Å². The number of likely N-dealkylation sites (tertiary alicyclic amines) is 1. The smallest absolute Gasteiger partial charge is 0.326 e. The molecule has 90 valence electrons. The van der Waals surface area contributed by atoms with Crippen molar-refractivity contribution in [2.75, 3.05) is 19.6 Å². The van der Waals surface area contributed by atoms with Crippen molar-refractivity contribution < 1.29 is 14.7 Å². The number of carbonyl (C=O) groups is 2. The third kappa shape index (κ3) is 1.91. The lowest BCUT2D eigenvalue weighted by molar-refractivity contribution is -0.150. The minimum Gasteiger partial charge on any atom is -0.480 e. The summed E-state index contributed by atoms with van der Waals surface area (Å²) in [6.45, 7) is 4.16. The number of amides is 1. The van der Waals surface area contributed by atoms with Crippen molar-refractivity contribution >= 4 is 11.9 Å². The van der Waals surface area contributed by atoms with Crippen LogP contribution in [-0.2, 0) is 9.59 Å². The van der Waals surface area contributed by atoms with Crippen molar-refractivity contribution in [2.45, 2.75) is 25.8 Å². The van der Waals surface area contributed by atoms with Crippen LogP contribution in [0.4, 0.5) is 0 Å². The van der Waals surface area contributed by atoms with Gasteiger partial charge in [-0.15, -0.1) is 0 Å². The van der Waals surface area contributed by atoms with Crippen molar-refractivity contribution in [3.8, 4) is 0 Å². The van der Waals surface area contributed by atoms with Gasteiger partial charge < -0.3 is 15.3 Å². The predicted octanol–water partition coefficient (Wildman–Crippen LogP) is -0.0825. The summed E-state index contributed by atoms with van der Waals surface area (Å²) in [4.78, 5) is 24.8. The fourth-order valence-electron chi connectivity index (χ4n) is 2.64. The molecule has 0 bridgehead atoms. The third-order valence-corrected chi connectivity index (χ3v) is 3.66. The van der Waals surface area contributed by atoms with Gasteiger partial charge in [0.15, 0.2) is 0 Å². The van der Waals surface area contributed by atoms with Crippen LogP contribution in [0.15, 0.2) is 0 Å². The number of carboxylic acid groups (broad SMARTS) is 1. The summed E-state index contributed by atoms with van der Waals surface area (Å²) in [5.74, 6) is -0.589. The molecule has 0 spiro atoms. The molecule has 0 aromatic rings. The Bertz CT molecular complexity index is 306. The Labute approximate surface area is 94.8 Å². The van der Waals surface area contributed by atoms with E-state index in [-0.39, 0.29) is 11.8 Å². The molecule has 0 aliphatic carbocycles. The average molecular weight is 226 g/mol. The number of hydrogen-bond acceptors (Lipinski definition) is 3. The first-order valence-corrected chi connectivity index (χ1v) is 5.85. The average Bonchev–Trinajstić information content (AvgIpc) is 2.84. The number of aliphatic carboxylic acids is 1. The molecule has 0 saturated carbocycles. The van der Waals surface area contributed by atoms with Crippen LogP contribution in [0.1, 0.15) is 19.8 Å². The van der Waals surface area contributed by atoms with Crippen LogP contribution in [-0.4, -0.2) is 47.6 Å². The topological polar surface area (TPSA) is 69.6 Å². The molecule has 3 atom stereocenters. The van der Waals surface area contributed by atoms with Gasteiger partial charge in [0.05, 0.1) is 5.92 Å². The summed E-state index contributed by atoms with van der Waals surface area (Å²) >= 11 is 0. The molecule has 1 amide bonds. The zero-order valence-corrected chi connectivity index (χ0v) is 9.48. The molecule has 2 N–H and O–H groups in total. The first kappa shape index (κ1) is 11.4. The molecule has 2 unspecified atom stereocenters. The summed E-state index contributed by atoms with van der Waals surface area (Å²) in [6.07, 6.45) is 1.40. The van der Waals surface area contributed by atoms with E-state index in [1.165, 1.54) is 0 Å². The lowest BCUT2D eigenvalue weighted by Gasteiger charge is -2.26. The zero-order chi connectivity index (χ0) is 11.7. The number of hydrogen-bond donors (Lipinski definition) is 2. The Morgan fingerprint density at radius 1 is 1.38 bits per heavy atom. The van der Waals surface area contributed by atoms with E-state index >= 15 is 0 Å². The number of nitrogens with zero attached hydrogens (tertiary/aromatic N) is 1. The van der Waals surface area contributed by atoms with Gasteiger partial charge in [0, 0.05) is 13.1 Å². The second-order valence-electron chi connectivity index (χ2n) is 4.77. The van der Waals surface area contributed by atoms with Gasteiger partial charge >= 0.3 is 5.97 Å². The van der Waals surface area contributed by atoms with Crippen molar-refractivity contribution in [1.82, 2.24) is 10.2 Å². The monoisotopic (exact) mass is 226 g/mol. The molecule has 2 aliphatic heterocycles. The second-order valence-corrected chi connectivity index (χ2v) is 4.77. The molecule has 0 aromatic carbocycles. The van der Waals surface area contributed by atoms with Gasteiger partial charge in [-0.1, -0.05) is 6.92 Å². The van der Waals surface area contributed by atoms with Gasteiger partial charge in [-0.25, -0.2) is 4.79 Å². The Kier molecular flexibility index (Phi) is 3.14. The highest BCUT2D eigenvalue weighted by Crippen LogP contribution is 2.24. The van der Waals surface area contributed by atoms with Crippen molar-refractivity contribution in [3.05, 3.63) is 0 Å². The van der Waals surface area contributed by atoms with Gasteiger partial charge in [-0.05, 0) is 25.3 Å². The van der Waals surface area contributed by atoms with Crippen LogP contribution in [0.2, 0.25) is 0 Å². The van der Waals surface area contributed by atoms with Crippen molar-refractivity contribution in [2.24, 2.45) is 11.8 Å². The van der Waals surface area contributed by atoms with Crippen LogP contribution < -0.4 is 5.32 Å². The normalized spacial score (nSPS) is 34.3. The van der Waals surface area contributed by atoms with E-state index in [1.54, 1.807) is 4.90 Å². The number of carbonyl (C=O) groups excluding carboxylic acids is 1. The predicted molar refractivity (Wildman–Crippen MR) is 57.9 cm³/mol. The van der Waals surface area contributed by atoms with E-state index in [2.05, 4.69) is 5.32 Å². The summed E-state index contributed by atoms with van der Waals surface area (Å²) in [6, 6.07) is -0.597. The minimum atomic E-state index is -0.871. The SMILES string of the molecule is CC1CNCC1C(=O)N1CCC[C@@H]1C(=O)O. The summed E-state index contributed by atoms with van der Waals surface area (Å²) in [5.41, 5.74) is 0. The standard InChI is InChI=1S/C11H18N2O3/c1-7-5-12-6-8(7)10(14)13-4-2-3-9(13)11(15)16/h7-9,12H,2-6H2,1H3,(H,15,16)/t7?,8?,9-/m1/s1. The largest absolute Gasteiger partial charge is 0.480 e. The molecular formula is C11H18N2O3. The first-order chi connectivity index (χ1) is 7.61. The van der Waals surface area contributed by atoms with Crippen molar-refractivity contribution in [1.29, 1.82) is 0 Å². The fraction of sp³-hybridized carbons (Fsp3) is 0.818. The van der Waals surface area contributed by atoms with Crippen LogP contribution in [0.5, 0.6) is 0 Å². The molecule has 2 saturated heterocycles. The second kappa shape index (κ2) is 4.41. The Hall–Kier alpha value is -1.10. The lowest BCUT2D eigenvalue weighted by atomic mass is 9.96. The highest BCUT2D eigenvalue weighted by atomic mass is 16.4. The number of nitrogens with one attached hydrogen (secondary N) is 1. The molecule has 16 heavy (non-hydrogen) atoms. The molecule has 0 aromatic heterocycles. The first-order valence-electron chi connectivity index (χ1n) is 5.85. The molecule has 2 rings (SSSR count). The van der Waals surface area contributed by atoms with E-state index in [1.807, 2.05) is 6.92 Å². The van der Waals surface area contributed by atoms with Gasteiger partial charge in [0.2, 0.25) is 5.91 Å². The summed E-state index contributed by atoms with van der Waals surface area (Å²) in [5, 5.41) is 12.2. The number of rotatable bonds is 2. The maximum Gasteiger partial charge on any atom is 0.326 e. The molecule has 2 heterocycles. The molecule has 5 heteroatoms. The van der Waals surface area contributed by atoms with Crippen LogP contribution in [0.3, 0.4) is 0 Å². The highest BCUT2D eigenvalue weighted by Gasteiger charge is 2.39. The summed E-state index contributed by atoms with van der Waals surface area (Å²) in [7, 11) is 0. The molecule has 5 nitrogen and oxygen atoms in total.